The molecule has 1 N–H and O–H groups in total. The lowest BCUT2D eigenvalue weighted by Crippen LogP contribution is -2.31. The van der Waals surface area contributed by atoms with Gasteiger partial charge in [-0.25, -0.2) is 13.2 Å². The number of sulfonamides is 1. The third-order valence-corrected chi connectivity index (χ3v) is 3.85. The first kappa shape index (κ1) is 18.5. The number of hydrogen-bond donors (Lipinski definition) is 1. The van der Waals surface area contributed by atoms with Crippen LogP contribution < -0.4 is 9.62 Å². The van der Waals surface area contributed by atoms with Crippen LogP contribution in [-0.4, -0.2) is 40.2 Å². The molecule has 0 atom stereocenters. The minimum Gasteiger partial charge on any atom is -0.452 e. The average Bonchev–Trinajstić information content (AvgIpc) is 2.58. The van der Waals surface area contributed by atoms with E-state index >= 15 is 0 Å². The van der Waals surface area contributed by atoms with Crippen molar-refractivity contribution < 1.29 is 22.7 Å². The van der Waals surface area contributed by atoms with Gasteiger partial charge in [0.05, 0.1) is 11.8 Å². The first-order valence-corrected chi connectivity index (χ1v) is 9.22. The molecule has 0 aliphatic rings. The summed E-state index contributed by atoms with van der Waals surface area (Å²) in [7, 11) is -1.86. The van der Waals surface area contributed by atoms with E-state index in [4.69, 9.17) is 4.74 Å². The normalized spacial score (nSPS) is 10.8. The lowest BCUT2D eigenvalue weighted by atomic mass is 10.2. The van der Waals surface area contributed by atoms with Gasteiger partial charge >= 0.3 is 5.97 Å². The second-order valence-corrected chi connectivity index (χ2v) is 7.07. The molecule has 0 saturated heterocycles. The van der Waals surface area contributed by atoms with Gasteiger partial charge in [0.2, 0.25) is 10.0 Å². The molecular weight excluding hydrogens is 344 g/mol. The van der Waals surface area contributed by atoms with Crippen LogP contribution in [0.25, 0.3) is 0 Å². The molecule has 0 saturated carbocycles. The molecule has 8 heteroatoms. The number of anilines is 2. The Kier molecular flexibility index (Phi) is 5.76. The van der Waals surface area contributed by atoms with E-state index in [1.54, 1.807) is 31.3 Å². The summed E-state index contributed by atoms with van der Waals surface area (Å²) in [6.45, 7) is -0.423. The van der Waals surface area contributed by atoms with Crippen molar-refractivity contribution in [2.45, 2.75) is 0 Å². The van der Waals surface area contributed by atoms with Crippen LogP contribution in [0.2, 0.25) is 0 Å². The van der Waals surface area contributed by atoms with Crippen molar-refractivity contribution in [3.63, 3.8) is 0 Å². The van der Waals surface area contributed by atoms with Crippen LogP contribution in [0.1, 0.15) is 10.4 Å². The smallest absolute Gasteiger partial charge is 0.338 e. The van der Waals surface area contributed by atoms with E-state index in [2.05, 4.69) is 4.72 Å². The first-order chi connectivity index (χ1) is 11.8. The van der Waals surface area contributed by atoms with Crippen LogP contribution in [0.5, 0.6) is 0 Å². The van der Waals surface area contributed by atoms with E-state index in [-0.39, 0.29) is 17.2 Å². The maximum atomic E-state index is 12.1. The van der Waals surface area contributed by atoms with Crippen molar-refractivity contribution in [2.24, 2.45) is 0 Å². The fraction of sp³-hybridized carbons (Fsp3) is 0.176. The van der Waals surface area contributed by atoms with Crippen LogP contribution in [-0.2, 0) is 19.6 Å². The van der Waals surface area contributed by atoms with Gasteiger partial charge in [-0.15, -0.1) is 0 Å². The Labute approximate surface area is 146 Å². The van der Waals surface area contributed by atoms with Crippen LogP contribution >= 0.6 is 0 Å². The number of para-hydroxylation sites is 1. The Bertz CT molecular complexity index is 866. The van der Waals surface area contributed by atoms with Gasteiger partial charge in [0.25, 0.3) is 5.91 Å². The second kappa shape index (κ2) is 7.80. The SMILES string of the molecule is CN(C(=O)COC(=O)c1cccc(NS(C)(=O)=O)c1)c1ccccc1. The summed E-state index contributed by atoms with van der Waals surface area (Å²) in [5, 5.41) is 0. The maximum absolute atomic E-state index is 12.1. The maximum Gasteiger partial charge on any atom is 0.338 e. The van der Waals surface area contributed by atoms with Gasteiger partial charge in [0, 0.05) is 18.4 Å². The standard InChI is InChI=1S/C17H18N2O5S/c1-19(15-9-4-3-5-10-15)16(20)12-24-17(21)13-7-6-8-14(11-13)18-25(2,22)23/h3-11,18H,12H2,1-2H3. The highest BCUT2D eigenvalue weighted by atomic mass is 32.2. The number of likely N-dealkylation sites (N-methyl/N-ethyl adjacent to an activating group) is 1. The van der Waals surface area contributed by atoms with Gasteiger partial charge in [-0.2, -0.15) is 0 Å². The highest BCUT2D eigenvalue weighted by Gasteiger charge is 2.15. The number of hydrogen-bond acceptors (Lipinski definition) is 5. The van der Waals surface area contributed by atoms with Crippen LogP contribution in [0.4, 0.5) is 11.4 Å². The van der Waals surface area contributed by atoms with Crippen LogP contribution in [0.3, 0.4) is 0 Å². The van der Waals surface area contributed by atoms with Gasteiger partial charge in [-0.1, -0.05) is 24.3 Å². The zero-order valence-corrected chi connectivity index (χ0v) is 14.6. The largest absolute Gasteiger partial charge is 0.452 e. The number of benzene rings is 2. The van der Waals surface area contributed by atoms with Crippen LogP contribution in [0.15, 0.2) is 54.6 Å². The molecule has 7 nitrogen and oxygen atoms in total. The minimum absolute atomic E-state index is 0.142. The van der Waals surface area contributed by atoms with Crippen molar-refractivity contribution in [3.05, 3.63) is 60.2 Å². The summed E-state index contributed by atoms with van der Waals surface area (Å²) < 4.78 is 29.7. The quantitative estimate of drug-likeness (QED) is 0.792. The molecular formula is C17H18N2O5S. The minimum atomic E-state index is -3.45. The molecule has 25 heavy (non-hydrogen) atoms. The molecule has 0 radical (unpaired) electrons. The lowest BCUT2D eigenvalue weighted by molar-refractivity contribution is -0.121. The van der Waals surface area contributed by atoms with Crippen molar-refractivity contribution in [2.75, 3.05) is 29.5 Å². The van der Waals surface area contributed by atoms with Crippen molar-refractivity contribution in [3.8, 4) is 0 Å². The summed E-state index contributed by atoms with van der Waals surface area (Å²) >= 11 is 0. The molecule has 0 bridgehead atoms. The van der Waals surface area contributed by atoms with Gasteiger partial charge in [-0.05, 0) is 30.3 Å². The number of nitrogens with zero attached hydrogens (tertiary/aromatic N) is 1. The van der Waals surface area contributed by atoms with Crippen molar-refractivity contribution in [1.29, 1.82) is 0 Å². The molecule has 0 aromatic heterocycles. The second-order valence-electron chi connectivity index (χ2n) is 5.32. The summed E-state index contributed by atoms with van der Waals surface area (Å²) in [6.07, 6.45) is 1.01. The summed E-state index contributed by atoms with van der Waals surface area (Å²) in [4.78, 5) is 25.5. The summed E-state index contributed by atoms with van der Waals surface area (Å²) in [6, 6.07) is 14.8. The van der Waals surface area contributed by atoms with Crippen molar-refractivity contribution >= 4 is 33.3 Å². The fourth-order valence-electron chi connectivity index (χ4n) is 2.03. The fourth-order valence-corrected chi connectivity index (χ4v) is 2.58. The molecule has 0 aliphatic carbocycles. The van der Waals surface area contributed by atoms with E-state index in [0.717, 1.165) is 6.26 Å². The molecule has 0 unspecified atom stereocenters. The highest BCUT2D eigenvalue weighted by molar-refractivity contribution is 7.92. The number of carbonyl (C=O) groups excluding carboxylic acids is 2. The molecule has 132 valence electrons. The zero-order valence-electron chi connectivity index (χ0n) is 13.8. The average molecular weight is 362 g/mol. The third-order valence-electron chi connectivity index (χ3n) is 3.25. The third kappa shape index (κ3) is 5.61. The Hall–Kier alpha value is -2.87. The van der Waals surface area contributed by atoms with Gasteiger partial charge in [-0.3, -0.25) is 9.52 Å². The molecule has 2 aromatic carbocycles. The van der Waals surface area contributed by atoms with E-state index in [0.29, 0.717) is 5.69 Å². The predicted molar refractivity (Wildman–Crippen MR) is 95.0 cm³/mol. The Morgan fingerprint density at radius 3 is 2.40 bits per heavy atom. The van der Waals surface area contributed by atoms with Gasteiger partial charge < -0.3 is 9.64 Å². The van der Waals surface area contributed by atoms with Gasteiger partial charge in [0.1, 0.15) is 0 Å². The monoisotopic (exact) mass is 362 g/mol. The Morgan fingerprint density at radius 2 is 1.76 bits per heavy atom. The van der Waals surface area contributed by atoms with Crippen molar-refractivity contribution in [1.82, 2.24) is 0 Å². The molecule has 0 fully saturated rings. The molecule has 2 aromatic rings. The number of esters is 1. The number of nitrogens with one attached hydrogen (secondary N) is 1. The number of rotatable bonds is 6. The Morgan fingerprint density at radius 1 is 1.08 bits per heavy atom. The predicted octanol–water partition coefficient (Wildman–Crippen LogP) is 1.88. The Balaban J connectivity index is 1.98. The molecule has 0 aliphatic heterocycles. The topological polar surface area (TPSA) is 92.8 Å². The van der Waals surface area contributed by atoms with E-state index in [9.17, 15) is 18.0 Å². The zero-order chi connectivity index (χ0) is 18.4. The molecule has 2 rings (SSSR count). The molecule has 1 amide bonds. The lowest BCUT2D eigenvalue weighted by Gasteiger charge is -2.17. The van der Waals surface area contributed by atoms with E-state index in [1.807, 2.05) is 6.07 Å². The summed E-state index contributed by atoms with van der Waals surface area (Å²) in [5.41, 5.74) is 1.07. The summed E-state index contributed by atoms with van der Waals surface area (Å²) in [5.74, 6) is -1.10. The van der Waals surface area contributed by atoms with Gasteiger partial charge in [0.15, 0.2) is 6.61 Å². The first-order valence-electron chi connectivity index (χ1n) is 7.33. The van der Waals surface area contributed by atoms with E-state index < -0.39 is 22.6 Å². The number of amides is 1. The van der Waals surface area contributed by atoms with E-state index in [1.165, 1.54) is 29.2 Å². The molecule has 0 heterocycles. The highest BCUT2D eigenvalue weighted by Crippen LogP contribution is 2.14. The number of carbonyl (C=O) groups is 2. The van der Waals surface area contributed by atoms with Crippen LogP contribution in [0, 0.1) is 0 Å². The number of ether oxygens (including phenoxy) is 1. The molecule has 0 spiro atoms.